The van der Waals surface area contributed by atoms with Gasteiger partial charge in [-0.25, -0.2) is 0 Å². The molecule has 1 unspecified atom stereocenters. The van der Waals surface area contributed by atoms with Crippen LogP contribution in [0.15, 0.2) is 30.3 Å². The van der Waals surface area contributed by atoms with Crippen LogP contribution in [-0.4, -0.2) is 23.0 Å². The maximum atomic E-state index is 11.3. The molecule has 0 heterocycles. The lowest BCUT2D eigenvalue weighted by Crippen LogP contribution is -2.20. The third kappa shape index (κ3) is 3.77. The highest BCUT2D eigenvalue weighted by Gasteiger charge is 2.09. The molecule has 1 amide bonds. The molecule has 2 N–H and O–H groups in total. The smallest absolute Gasteiger partial charge is 0.227 e. The number of benzene rings is 1. The SMILES string of the molecule is O=C(CC(O)CCl)Nc1ccccc1. The van der Waals surface area contributed by atoms with Gasteiger partial charge in [0.15, 0.2) is 0 Å². The van der Waals surface area contributed by atoms with E-state index in [1.54, 1.807) is 12.1 Å². The number of para-hydroxylation sites is 1. The van der Waals surface area contributed by atoms with Gasteiger partial charge >= 0.3 is 0 Å². The van der Waals surface area contributed by atoms with E-state index in [0.29, 0.717) is 0 Å². The monoisotopic (exact) mass is 213 g/mol. The predicted octanol–water partition coefficient (Wildman–Crippen LogP) is 1.61. The van der Waals surface area contributed by atoms with Gasteiger partial charge in [-0.3, -0.25) is 4.79 Å². The summed E-state index contributed by atoms with van der Waals surface area (Å²) in [4.78, 5) is 11.3. The van der Waals surface area contributed by atoms with Gasteiger partial charge in [0.2, 0.25) is 5.91 Å². The van der Waals surface area contributed by atoms with Crippen molar-refractivity contribution in [3.05, 3.63) is 30.3 Å². The van der Waals surface area contributed by atoms with Crippen molar-refractivity contribution in [1.29, 1.82) is 0 Å². The van der Waals surface area contributed by atoms with Gasteiger partial charge in [-0.15, -0.1) is 11.6 Å². The molecule has 0 saturated heterocycles. The molecule has 0 aliphatic rings. The number of amides is 1. The number of halogens is 1. The van der Waals surface area contributed by atoms with Crippen molar-refractivity contribution in [3.63, 3.8) is 0 Å². The van der Waals surface area contributed by atoms with Gasteiger partial charge in [0.1, 0.15) is 0 Å². The third-order valence-electron chi connectivity index (χ3n) is 1.66. The molecule has 0 saturated carbocycles. The first-order chi connectivity index (χ1) is 6.72. The lowest BCUT2D eigenvalue weighted by Gasteiger charge is -2.07. The van der Waals surface area contributed by atoms with Gasteiger partial charge in [-0.2, -0.15) is 0 Å². The van der Waals surface area contributed by atoms with E-state index in [9.17, 15) is 4.79 Å². The highest BCUT2D eigenvalue weighted by molar-refractivity contribution is 6.18. The summed E-state index contributed by atoms with van der Waals surface area (Å²) in [5.41, 5.74) is 0.722. The molecule has 0 fully saturated rings. The standard InChI is InChI=1S/C10H12ClNO2/c11-7-9(13)6-10(14)12-8-4-2-1-3-5-8/h1-5,9,13H,6-7H2,(H,12,14). The van der Waals surface area contributed by atoms with Crippen molar-refractivity contribution in [2.75, 3.05) is 11.2 Å². The van der Waals surface area contributed by atoms with Crippen molar-refractivity contribution in [3.8, 4) is 0 Å². The number of carbonyl (C=O) groups is 1. The second kappa shape index (κ2) is 5.62. The molecular formula is C10H12ClNO2. The molecule has 1 atom stereocenters. The molecule has 0 aliphatic carbocycles. The molecule has 14 heavy (non-hydrogen) atoms. The van der Waals surface area contributed by atoms with Crippen LogP contribution >= 0.6 is 11.6 Å². The Morgan fingerprint density at radius 2 is 2.07 bits per heavy atom. The first-order valence-corrected chi connectivity index (χ1v) is 4.84. The number of aliphatic hydroxyl groups is 1. The maximum Gasteiger partial charge on any atom is 0.227 e. The van der Waals surface area contributed by atoms with E-state index in [2.05, 4.69) is 5.32 Å². The average Bonchev–Trinajstić information content (AvgIpc) is 2.19. The Balaban J connectivity index is 2.42. The number of hydrogen-bond donors (Lipinski definition) is 2. The number of nitrogens with one attached hydrogen (secondary N) is 1. The van der Waals surface area contributed by atoms with Crippen molar-refractivity contribution in [1.82, 2.24) is 0 Å². The molecule has 1 aromatic rings. The van der Waals surface area contributed by atoms with E-state index in [4.69, 9.17) is 16.7 Å². The summed E-state index contributed by atoms with van der Waals surface area (Å²) < 4.78 is 0. The Kier molecular flexibility index (Phi) is 4.43. The first-order valence-electron chi connectivity index (χ1n) is 4.31. The Hall–Kier alpha value is -1.06. The van der Waals surface area contributed by atoms with Crippen LogP contribution in [0.5, 0.6) is 0 Å². The number of anilines is 1. The largest absolute Gasteiger partial charge is 0.391 e. The van der Waals surface area contributed by atoms with Crippen molar-refractivity contribution >= 4 is 23.2 Å². The molecule has 0 aliphatic heterocycles. The fourth-order valence-electron chi connectivity index (χ4n) is 1.00. The van der Waals surface area contributed by atoms with Gasteiger partial charge in [-0.1, -0.05) is 18.2 Å². The van der Waals surface area contributed by atoms with Gasteiger partial charge in [0, 0.05) is 11.6 Å². The fourth-order valence-corrected chi connectivity index (χ4v) is 1.11. The zero-order valence-electron chi connectivity index (χ0n) is 7.61. The zero-order chi connectivity index (χ0) is 10.4. The summed E-state index contributed by atoms with van der Waals surface area (Å²) in [5, 5.41) is 11.8. The third-order valence-corrected chi connectivity index (χ3v) is 2.01. The van der Waals surface area contributed by atoms with Crippen molar-refractivity contribution in [2.24, 2.45) is 0 Å². The van der Waals surface area contributed by atoms with Gasteiger partial charge in [0.05, 0.1) is 12.5 Å². The lowest BCUT2D eigenvalue weighted by atomic mass is 10.2. The molecule has 4 heteroatoms. The molecule has 0 bridgehead atoms. The minimum atomic E-state index is -0.777. The van der Waals surface area contributed by atoms with E-state index in [1.807, 2.05) is 18.2 Å². The van der Waals surface area contributed by atoms with E-state index >= 15 is 0 Å². The van der Waals surface area contributed by atoms with Crippen molar-refractivity contribution < 1.29 is 9.90 Å². The molecule has 1 rings (SSSR count). The minimum Gasteiger partial charge on any atom is -0.391 e. The van der Waals surface area contributed by atoms with E-state index in [-0.39, 0.29) is 18.2 Å². The summed E-state index contributed by atoms with van der Waals surface area (Å²) >= 11 is 5.37. The normalized spacial score (nSPS) is 12.1. The van der Waals surface area contributed by atoms with Crippen LogP contribution in [0, 0.1) is 0 Å². The van der Waals surface area contributed by atoms with Crippen LogP contribution in [0.1, 0.15) is 6.42 Å². The second-order valence-electron chi connectivity index (χ2n) is 2.93. The van der Waals surface area contributed by atoms with Crippen LogP contribution in [0.25, 0.3) is 0 Å². The van der Waals surface area contributed by atoms with E-state index < -0.39 is 6.10 Å². The Morgan fingerprint density at radius 3 is 2.64 bits per heavy atom. The zero-order valence-corrected chi connectivity index (χ0v) is 8.37. The lowest BCUT2D eigenvalue weighted by molar-refractivity contribution is -0.117. The van der Waals surface area contributed by atoms with Gasteiger partial charge in [0.25, 0.3) is 0 Å². The van der Waals surface area contributed by atoms with E-state index in [1.165, 1.54) is 0 Å². The molecule has 0 radical (unpaired) electrons. The average molecular weight is 214 g/mol. The Morgan fingerprint density at radius 1 is 1.43 bits per heavy atom. The molecule has 0 aromatic heterocycles. The van der Waals surface area contributed by atoms with Crippen molar-refractivity contribution in [2.45, 2.75) is 12.5 Å². The van der Waals surface area contributed by atoms with Gasteiger partial charge < -0.3 is 10.4 Å². The highest BCUT2D eigenvalue weighted by atomic mass is 35.5. The number of hydrogen-bond acceptors (Lipinski definition) is 2. The van der Waals surface area contributed by atoms with Crippen LogP contribution in [0.4, 0.5) is 5.69 Å². The Labute approximate surface area is 87.7 Å². The van der Waals surface area contributed by atoms with Crippen LogP contribution in [0.3, 0.4) is 0 Å². The molecule has 76 valence electrons. The predicted molar refractivity (Wildman–Crippen MR) is 56.4 cm³/mol. The number of aliphatic hydroxyl groups excluding tert-OH is 1. The molecule has 1 aromatic carbocycles. The molecule has 3 nitrogen and oxygen atoms in total. The number of alkyl halides is 1. The fraction of sp³-hybridized carbons (Fsp3) is 0.300. The summed E-state index contributed by atoms with van der Waals surface area (Å²) in [5.74, 6) is -0.160. The van der Waals surface area contributed by atoms with Gasteiger partial charge in [-0.05, 0) is 12.1 Å². The maximum absolute atomic E-state index is 11.3. The van der Waals surface area contributed by atoms with E-state index in [0.717, 1.165) is 5.69 Å². The second-order valence-corrected chi connectivity index (χ2v) is 3.24. The molecule has 0 spiro atoms. The first kappa shape index (κ1) is 11.0. The Bertz CT molecular complexity index is 289. The summed E-state index contributed by atoms with van der Waals surface area (Å²) in [6.07, 6.45) is -0.751. The van der Waals surface area contributed by atoms with Crippen LogP contribution in [-0.2, 0) is 4.79 Å². The van der Waals surface area contributed by atoms with Crippen LogP contribution in [0.2, 0.25) is 0 Å². The molecular weight excluding hydrogens is 202 g/mol. The number of carbonyl (C=O) groups excluding carboxylic acids is 1. The topological polar surface area (TPSA) is 49.3 Å². The highest BCUT2D eigenvalue weighted by Crippen LogP contribution is 2.06. The van der Waals surface area contributed by atoms with Crippen LogP contribution < -0.4 is 5.32 Å². The quantitative estimate of drug-likeness (QED) is 0.747. The summed E-state index contributed by atoms with van der Waals surface area (Å²) in [6, 6.07) is 9.08. The summed E-state index contributed by atoms with van der Waals surface area (Å²) in [6.45, 7) is 0. The minimum absolute atomic E-state index is 0.0262. The summed E-state index contributed by atoms with van der Waals surface area (Å²) in [7, 11) is 0. The number of rotatable bonds is 4.